The van der Waals surface area contributed by atoms with Crippen LogP contribution >= 0.6 is 0 Å². The molecule has 0 aromatic heterocycles. The Morgan fingerprint density at radius 1 is 1.00 bits per heavy atom. The maximum atomic E-state index is 12.6. The highest BCUT2D eigenvalue weighted by atomic mass is 19.4. The van der Waals surface area contributed by atoms with Gasteiger partial charge in [0, 0.05) is 12.1 Å². The van der Waals surface area contributed by atoms with E-state index in [0.717, 1.165) is 24.2 Å². The summed E-state index contributed by atoms with van der Waals surface area (Å²) >= 11 is 0. The third-order valence-corrected chi connectivity index (χ3v) is 3.39. The predicted octanol–water partition coefficient (Wildman–Crippen LogP) is 4.78. The summed E-state index contributed by atoms with van der Waals surface area (Å²) in [5.41, 5.74) is 0.886. The minimum Gasteiger partial charge on any atom is -0.492 e. The minimum atomic E-state index is -4.33. The van der Waals surface area contributed by atoms with E-state index in [9.17, 15) is 13.2 Å². The largest absolute Gasteiger partial charge is 0.492 e. The molecule has 2 aromatic carbocycles. The van der Waals surface area contributed by atoms with E-state index in [0.29, 0.717) is 17.9 Å². The van der Waals surface area contributed by atoms with Gasteiger partial charge in [0.15, 0.2) is 0 Å². The zero-order chi connectivity index (χ0) is 17.6. The van der Waals surface area contributed by atoms with E-state index >= 15 is 0 Å². The SMILES string of the molecule is CN(C)CCO/C(=C\c1ccc(C(F)(F)F)cc1)c1ccccc1. The molecule has 0 aliphatic rings. The zero-order valence-corrected chi connectivity index (χ0v) is 13.7. The lowest BCUT2D eigenvalue weighted by molar-refractivity contribution is -0.137. The van der Waals surface area contributed by atoms with Crippen LogP contribution in [-0.2, 0) is 10.9 Å². The molecule has 2 nitrogen and oxygen atoms in total. The molecule has 0 unspecified atom stereocenters. The third kappa shape index (κ3) is 5.42. The fourth-order valence-electron chi connectivity index (χ4n) is 2.07. The lowest BCUT2D eigenvalue weighted by Gasteiger charge is -2.14. The Morgan fingerprint density at radius 2 is 1.62 bits per heavy atom. The van der Waals surface area contributed by atoms with E-state index in [1.165, 1.54) is 12.1 Å². The van der Waals surface area contributed by atoms with Gasteiger partial charge < -0.3 is 9.64 Å². The molecule has 0 aliphatic heterocycles. The third-order valence-electron chi connectivity index (χ3n) is 3.39. The van der Waals surface area contributed by atoms with Gasteiger partial charge in [0.25, 0.3) is 0 Å². The lowest BCUT2D eigenvalue weighted by Crippen LogP contribution is -2.17. The van der Waals surface area contributed by atoms with E-state index < -0.39 is 11.7 Å². The lowest BCUT2D eigenvalue weighted by atomic mass is 10.1. The molecule has 2 rings (SSSR count). The topological polar surface area (TPSA) is 12.5 Å². The van der Waals surface area contributed by atoms with Gasteiger partial charge in [-0.2, -0.15) is 13.2 Å². The monoisotopic (exact) mass is 335 g/mol. The summed E-state index contributed by atoms with van der Waals surface area (Å²) < 4.78 is 43.8. The van der Waals surface area contributed by atoms with Gasteiger partial charge in [-0.1, -0.05) is 42.5 Å². The molecule has 0 fully saturated rings. The van der Waals surface area contributed by atoms with Gasteiger partial charge >= 0.3 is 6.18 Å². The standard InChI is InChI=1S/C19H20F3NO/c1-23(2)12-13-24-18(16-6-4-3-5-7-16)14-15-8-10-17(11-9-15)19(20,21)22/h3-11,14H,12-13H2,1-2H3/b18-14-. The van der Waals surface area contributed by atoms with E-state index in [2.05, 4.69) is 0 Å². The van der Waals surface area contributed by atoms with Gasteiger partial charge in [0.2, 0.25) is 0 Å². The van der Waals surface area contributed by atoms with Crippen LogP contribution in [-0.4, -0.2) is 32.1 Å². The highest BCUT2D eigenvalue weighted by molar-refractivity contribution is 5.77. The number of hydrogen-bond acceptors (Lipinski definition) is 2. The van der Waals surface area contributed by atoms with Crippen molar-refractivity contribution in [3.05, 3.63) is 71.3 Å². The Bertz CT molecular complexity index is 661. The molecule has 0 atom stereocenters. The van der Waals surface area contributed by atoms with Crippen molar-refractivity contribution in [2.75, 3.05) is 27.2 Å². The second-order valence-electron chi connectivity index (χ2n) is 5.65. The van der Waals surface area contributed by atoms with Crippen LogP contribution in [0.1, 0.15) is 16.7 Å². The van der Waals surface area contributed by atoms with Crippen molar-refractivity contribution in [3.8, 4) is 0 Å². The number of nitrogens with zero attached hydrogens (tertiary/aromatic N) is 1. The molecule has 0 aliphatic carbocycles. The first-order valence-corrected chi connectivity index (χ1v) is 7.58. The average molecular weight is 335 g/mol. The molecule has 0 bridgehead atoms. The first-order chi connectivity index (χ1) is 11.4. The molecule has 128 valence electrons. The molecule has 0 saturated heterocycles. The van der Waals surface area contributed by atoms with Crippen LogP contribution < -0.4 is 0 Å². The van der Waals surface area contributed by atoms with E-state index in [1.807, 2.05) is 49.3 Å². The van der Waals surface area contributed by atoms with Crippen LogP contribution in [0.5, 0.6) is 0 Å². The fourth-order valence-corrected chi connectivity index (χ4v) is 2.07. The van der Waals surface area contributed by atoms with E-state index in [1.54, 1.807) is 6.08 Å². The Hall–Kier alpha value is -2.27. The van der Waals surface area contributed by atoms with Crippen molar-refractivity contribution in [1.29, 1.82) is 0 Å². The first kappa shape index (κ1) is 18.1. The van der Waals surface area contributed by atoms with E-state index in [-0.39, 0.29) is 0 Å². The van der Waals surface area contributed by atoms with Gasteiger partial charge in [-0.25, -0.2) is 0 Å². The number of halogens is 3. The van der Waals surface area contributed by atoms with Crippen molar-refractivity contribution >= 4 is 11.8 Å². The highest BCUT2D eigenvalue weighted by Gasteiger charge is 2.29. The van der Waals surface area contributed by atoms with Gasteiger partial charge in [-0.05, 0) is 37.9 Å². The van der Waals surface area contributed by atoms with Gasteiger partial charge in [0.05, 0.1) is 5.56 Å². The molecular weight excluding hydrogens is 315 g/mol. The normalized spacial score (nSPS) is 12.5. The van der Waals surface area contributed by atoms with Gasteiger partial charge in [0.1, 0.15) is 12.4 Å². The van der Waals surface area contributed by atoms with Crippen molar-refractivity contribution < 1.29 is 17.9 Å². The van der Waals surface area contributed by atoms with E-state index in [4.69, 9.17) is 4.74 Å². The fraction of sp³-hybridized carbons (Fsp3) is 0.263. The molecular formula is C19H20F3NO. The number of benzene rings is 2. The Balaban J connectivity index is 2.23. The van der Waals surface area contributed by atoms with Crippen molar-refractivity contribution in [2.24, 2.45) is 0 Å². The number of ether oxygens (including phenoxy) is 1. The summed E-state index contributed by atoms with van der Waals surface area (Å²) in [7, 11) is 3.90. The van der Waals surface area contributed by atoms with Crippen LogP contribution in [0.3, 0.4) is 0 Å². The maximum absolute atomic E-state index is 12.6. The molecule has 24 heavy (non-hydrogen) atoms. The molecule has 0 saturated carbocycles. The second-order valence-corrected chi connectivity index (χ2v) is 5.65. The second kappa shape index (κ2) is 8.02. The quantitative estimate of drug-likeness (QED) is 0.556. The minimum absolute atomic E-state index is 0.494. The van der Waals surface area contributed by atoms with Crippen molar-refractivity contribution in [3.63, 3.8) is 0 Å². The summed E-state index contributed by atoms with van der Waals surface area (Å²) in [6.07, 6.45) is -2.57. The van der Waals surface area contributed by atoms with Crippen LogP contribution in [0.25, 0.3) is 11.8 Å². The average Bonchev–Trinajstić information content (AvgIpc) is 2.54. The summed E-state index contributed by atoms with van der Waals surface area (Å²) in [5.74, 6) is 0.636. The summed E-state index contributed by atoms with van der Waals surface area (Å²) in [5, 5.41) is 0. The van der Waals surface area contributed by atoms with Gasteiger partial charge in [-0.3, -0.25) is 0 Å². The Kier molecular flexibility index (Phi) is 6.04. The number of rotatable bonds is 6. The van der Waals surface area contributed by atoms with Crippen LogP contribution in [0.15, 0.2) is 54.6 Å². The summed E-state index contributed by atoms with van der Waals surface area (Å²) in [4.78, 5) is 2.00. The first-order valence-electron chi connectivity index (χ1n) is 7.58. The highest BCUT2D eigenvalue weighted by Crippen LogP contribution is 2.29. The van der Waals surface area contributed by atoms with Crippen LogP contribution in [0.4, 0.5) is 13.2 Å². The zero-order valence-electron chi connectivity index (χ0n) is 13.7. The number of hydrogen-bond donors (Lipinski definition) is 0. The molecule has 5 heteroatoms. The number of likely N-dealkylation sites (N-methyl/N-ethyl adjacent to an activating group) is 1. The summed E-state index contributed by atoms with van der Waals surface area (Å²) in [6, 6.07) is 14.6. The van der Waals surface area contributed by atoms with Crippen molar-refractivity contribution in [1.82, 2.24) is 4.90 Å². The molecule has 0 spiro atoms. The smallest absolute Gasteiger partial charge is 0.416 e. The maximum Gasteiger partial charge on any atom is 0.416 e. The molecule has 0 amide bonds. The Labute approximate surface area is 140 Å². The number of alkyl halides is 3. The summed E-state index contributed by atoms with van der Waals surface area (Å²) in [6.45, 7) is 1.24. The predicted molar refractivity (Wildman–Crippen MR) is 90.3 cm³/mol. The van der Waals surface area contributed by atoms with Gasteiger partial charge in [-0.15, -0.1) is 0 Å². The van der Waals surface area contributed by atoms with Crippen LogP contribution in [0, 0.1) is 0 Å². The van der Waals surface area contributed by atoms with Crippen molar-refractivity contribution in [2.45, 2.75) is 6.18 Å². The molecule has 0 heterocycles. The molecule has 0 radical (unpaired) electrons. The van der Waals surface area contributed by atoms with Crippen LogP contribution in [0.2, 0.25) is 0 Å². The molecule has 0 N–H and O–H groups in total. The Morgan fingerprint density at radius 3 is 2.17 bits per heavy atom. The molecule has 2 aromatic rings.